The van der Waals surface area contributed by atoms with Crippen molar-refractivity contribution in [1.82, 2.24) is 31.2 Å². The first-order valence-corrected chi connectivity index (χ1v) is 20.6. The molecule has 2 rings (SSSR count). The molecule has 0 spiro atoms. The monoisotopic (exact) mass is 991 g/mol. The first kappa shape index (κ1) is 55.5. The first-order chi connectivity index (χ1) is 29.8. The molecule has 345 valence electrons. The summed E-state index contributed by atoms with van der Waals surface area (Å²) in [5.41, 5.74) is 8.28. The summed E-state index contributed by atoms with van der Waals surface area (Å²) in [6.07, 6.45) is 2.69. The molecule has 1 aliphatic rings. The fourth-order valence-corrected chi connectivity index (χ4v) is 5.84. The van der Waals surface area contributed by atoms with Crippen LogP contribution in [0, 0.1) is 11.3 Å². The van der Waals surface area contributed by atoms with Crippen molar-refractivity contribution in [1.29, 1.82) is 5.26 Å². The molecule has 0 radical (unpaired) electrons. The van der Waals surface area contributed by atoms with Gasteiger partial charge in [0.1, 0.15) is 12.1 Å². The zero-order valence-electron chi connectivity index (χ0n) is 34.0. The molecule has 1 aromatic heterocycles. The quantitative estimate of drug-likeness (QED) is 0.0554. The molecule has 0 saturated carbocycles. The van der Waals surface area contributed by atoms with Crippen LogP contribution >= 0.6 is 0 Å². The van der Waals surface area contributed by atoms with Crippen LogP contribution in [-0.2, 0) is 79.9 Å². The summed E-state index contributed by atoms with van der Waals surface area (Å²) in [4.78, 5) is 114. The van der Waals surface area contributed by atoms with Crippen LogP contribution < -0.4 is 21.3 Å². The van der Waals surface area contributed by atoms with Gasteiger partial charge in [-0.1, -0.05) is 31.3 Å². The number of unbranched alkanes of at least 4 members (excludes halogenated alkanes) is 4. The van der Waals surface area contributed by atoms with Gasteiger partial charge in [-0.2, -0.15) is 11.0 Å². The maximum atomic E-state index is 13.8. The Bertz CT molecular complexity index is 1830. The number of nitriles is 1. The molecule has 7 N–H and O–H groups in total. The number of nitrogens with zero attached hydrogens (tertiary/aromatic N) is 5. The van der Waals surface area contributed by atoms with Crippen molar-refractivity contribution in [3.05, 3.63) is 46.0 Å². The molecule has 26 heteroatoms. The zero-order valence-corrected chi connectivity index (χ0v) is 36.7. The Hall–Kier alpha value is -5.51. The molecule has 63 heavy (non-hydrogen) atoms. The number of carbonyl (C=O) groups excluding carboxylic acids is 7. The third-order valence-corrected chi connectivity index (χ3v) is 9.23. The summed E-state index contributed by atoms with van der Waals surface area (Å²) in [5, 5.41) is 44.1. The van der Waals surface area contributed by atoms with Crippen molar-refractivity contribution >= 4 is 65.9 Å². The van der Waals surface area contributed by atoms with Crippen molar-refractivity contribution in [2.24, 2.45) is 0 Å². The van der Waals surface area contributed by atoms with Crippen molar-refractivity contribution in [2.45, 2.75) is 114 Å². The average Bonchev–Trinajstić information content (AvgIpc) is 3.57. The van der Waals surface area contributed by atoms with Crippen LogP contribution in [0.15, 0.2) is 18.3 Å². The van der Waals surface area contributed by atoms with E-state index in [9.17, 15) is 51.9 Å². The van der Waals surface area contributed by atoms with E-state index in [1.54, 1.807) is 6.07 Å². The van der Waals surface area contributed by atoms with Gasteiger partial charge in [0.15, 0.2) is 0 Å². The fraction of sp³-hybridized carbons (Fsp3) is 0.595. The number of hydrogen-bond donors (Lipinski definition) is 6. The van der Waals surface area contributed by atoms with Gasteiger partial charge in [-0.25, -0.2) is 8.78 Å². The van der Waals surface area contributed by atoms with E-state index in [2.05, 4.69) is 49.5 Å². The molecular weight excluding hydrogens is 945 g/mol. The number of halogens is 2. The Kier molecular flexibility index (Phi) is 25.5. The summed E-state index contributed by atoms with van der Waals surface area (Å²) in [6.45, 7) is 0.223. The molecule has 7 amide bonds. The van der Waals surface area contributed by atoms with Gasteiger partial charge in [0.25, 0.3) is 17.8 Å². The van der Waals surface area contributed by atoms with Gasteiger partial charge in [-0.05, 0) is 37.9 Å². The number of nitrogens with one attached hydrogen (secondary N) is 5. The predicted molar refractivity (Wildman–Crippen MR) is 212 cm³/mol. The van der Waals surface area contributed by atoms with Gasteiger partial charge in [0, 0.05) is 68.8 Å². The van der Waals surface area contributed by atoms with E-state index in [0.717, 1.165) is 36.6 Å². The Morgan fingerprint density at radius 2 is 1.56 bits per heavy atom. The topological polar surface area (TPSA) is 351 Å². The molecule has 3 unspecified atom stereocenters. The molecule has 0 bridgehead atoms. The van der Waals surface area contributed by atoms with E-state index in [-0.39, 0.29) is 37.3 Å². The zero-order chi connectivity index (χ0) is 47.7. The molecule has 2 heterocycles. The summed E-state index contributed by atoms with van der Waals surface area (Å²) in [6, 6.07) is -3.23. The molecule has 1 fully saturated rings. The van der Waals surface area contributed by atoms with Gasteiger partial charge in [-0.15, -0.1) is 0 Å². The molecule has 1 aromatic rings. The molecule has 5 atom stereocenters. The van der Waals surface area contributed by atoms with Crippen molar-refractivity contribution < 1.29 is 84.5 Å². The van der Waals surface area contributed by atoms with Gasteiger partial charge < -0.3 is 75.0 Å². The van der Waals surface area contributed by atoms with Crippen LogP contribution in [-0.4, -0.2) is 135 Å². The number of carboxylic acid groups (broad SMARTS) is 2. The van der Waals surface area contributed by atoms with Crippen LogP contribution in [0.5, 0.6) is 0 Å². The normalized spacial score (nSPS) is 15.7. The van der Waals surface area contributed by atoms with E-state index in [4.69, 9.17) is 24.7 Å². The van der Waals surface area contributed by atoms with Gasteiger partial charge in [-0.3, -0.25) is 38.5 Å². The number of carbonyl (C=O) groups is 9. The average molecular weight is 993 g/mol. The summed E-state index contributed by atoms with van der Waals surface area (Å²) < 4.78 is 35.7. The Balaban J connectivity index is 0.00000977. The fourth-order valence-electron chi connectivity index (χ4n) is 5.62. The summed E-state index contributed by atoms with van der Waals surface area (Å²) >= 11 is 5.50. The number of likely N-dealkylation sites (tertiary alicyclic amines) is 1. The van der Waals surface area contributed by atoms with Crippen molar-refractivity contribution in [3.8, 4) is 6.07 Å². The molecule has 1 saturated heterocycles. The number of carboxylic acids is 2. The first-order valence-electron chi connectivity index (χ1n) is 19.3. The molecule has 1 aliphatic heterocycles. The van der Waals surface area contributed by atoms with Crippen LogP contribution in [0.3, 0.4) is 0 Å². The third kappa shape index (κ3) is 21.4. The number of alkyl halides is 2. The van der Waals surface area contributed by atoms with E-state index in [1.165, 1.54) is 25.3 Å². The van der Waals surface area contributed by atoms with Gasteiger partial charge >= 0.3 is 28.3 Å². The van der Waals surface area contributed by atoms with E-state index in [0.29, 0.717) is 31.5 Å². The van der Waals surface area contributed by atoms with Crippen LogP contribution in [0.4, 0.5) is 8.78 Å². The second-order valence-corrected chi connectivity index (χ2v) is 14.3. The number of amides is 7. The Labute approximate surface area is 376 Å². The second-order valence-electron chi connectivity index (χ2n) is 14.0. The Morgan fingerprint density at radius 3 is 2.17 bits per heavy atom. The van der Waals surface area contributed by atoms with E-state index < -0.39 is 115 Å². The van der Waals surface area contributed by atoms with Crippen LogP contribution in [0.2, 0.25) is 0 Å². The van der Waals surface area contributed by atoms with E-state index >= 15 is 0 Å². The molecular formula is C37H48F2N10O12STc. The summed E-state index contributed by atoms with van der Waals surface area (Å²) in [5.74, 6) is -12.0. The van der Waals surface area contributed by atoms with Crippen molar-refractivity contribution in [2.75, 3.05) is 25.4 Å². The number of hydrogen-bond acceptors (Lipinski definition) is 13. The Morgan fingerprint density at radius 1 is 0.952 bits per heavy atom. The number of rotatable bonds is 26. The SMILES string of the molecule is C[C@H](NC(=O)c1ccnc(CNC(=O)CCC(=O)NCCCCCCCC(=O)NCC([NH-])C(=O)[N-]C(CC(=O)O)C(=O)[N-]C(C[S-])C(=O)O)c1)C(=O)N1CC(F)(F)C[C@H]1C#N.[O]=[Tc+4]. The minimum absolute atomic E-state index is 0.0716. The maximum absolute atomic E-state index is 13.8. The number of pyridine rings is 1. The minimum atomic E-state index is -3.20. The van der Waals surface area contributed by atoms with E-state index in [1.807, 2.05) is 0 Å². The summed E-state index contributed by atoms with van der Waals surface area (Å²) in [7, 11) is 0. The third-order valence-electron chi connectivity index (χ3n) is 8.91. The standard InChI is InChI=1S/C37H51F2N10O11S.O.Tc/c1-21(35(58)49-20-37(38,39)15-24(49)16-40)46-32(55)22-10-12-42-23(13-22)17-44-30(52)9-8-29(51)43-11-6-4-2-3-5-7-28(50)45-18-25(41)33(56)47-26(14-31(53)54)34(57)48-27(19-61)36(59)60;;/h10,12-13,21,24-27,41H,2-9,11,14-15,17-20H2,1H3,(H9,43,44,45,46,47,48,50,51,52,53,54,55,56,57,59,60,61);;/q-1;;+4/p-3/t21-,24-,25?,26?,27?;;/m0../s1. The predicted octanol–water partition coefficient (Wildman–Crippen LogP) is 0.873. The van der Waals surface area contributed by atoms with Gasteiger partial charge in [0.2, 0.25) is 23.6 Å². The van der Waals surface area contributed by atoms with Crippen molar-refractivity contribution in [3.63, 3.8) is 0 Å². The van der Waals surface area contributed by atoms with Crippen LogP contribution in [0.25, 0.3) is 16.4 Å². The number of aromatic nitrogens is 1. The molecule has 22 nitrogen and oxygen atoms in total. The second kappa shape index (κ2) is 29.0. The molecule has 0 aromatic carbocycles. The number of aliphatic carboxylic acids is 2. The van der Waals surface area contributed by atoms with Gasteiger partial charge in [0.05, 0.1) is 24.9 Å². The molecule has 0 aliphatic carbocycles. The van der Waals surface area contributed by atoms with Crippen LogP contribution in [0.1, 0.15) is 87.2 Å².